The normalized spacial score (nSPS) is 25.4. The summed E-state index contributed by atoms with van der Waals surface area (Å²) in [7, 11) is 1.78. The van der Waals surface area contributed by atoms with Gasteiger partial charge in [-0.3, -0.25) is 4.79 Å². The van der Waals surface area contributed by atoms with Crippen molar-refractivity contribution < 1.29 is 42.0 Å². The molecule has 0 aromatic heterocycles. The van der Waals surface area contributed by atoms with Crippen molar-refractivity contribution >= 4 is 5.91 Å². The molecule has 1 heterocycles. The zero-order valence-corrected chi connectivity index (χ0v) is 13.4. The zero-order valence-electron chi connectivity index (χ0n) is 10.6. The molecular weight excluding hydrogens is 277 g/mol. The topological polar surface area (TPSA) is 29.1 Å². The van der Waals surface area contributed by atoms with Crippen LogP contribution in [0, 0.1) is 0 Å². The fraction of sp³-hybridized carbons (Fsp3) is 0.917. The van der Waals surface area contributed by atoms with E-state index in [1.807, 2.05) is 0 Å². The van der Waals surface area contributed by atoms with Crippen LogP contribution in [0.4, 0.5) is 0 Å². The number of piperidine rings is 1. The molecule has 2 fully saturated rings. The zero-order chi connectivity index (χ0) is 10.9. The van der Waals surface area contributed by atoms with E-state index in [4.69, 9.17) is 0 Å². The maximum atomic E-state index is 12.0. The largest absolute Gasteiger partial charge is 0.354 e. The van der Waals surface area contributed by atoms with Gasteiger partial charge in [0.2, 0.25) is 0 Å². The van der Waals surface area contributed by atoms with Crippen LogP contribution in [0.15, 0.2) is 0 Å². The Morgan fingerprint density at radius 3 is 2.19 bits per heavy atom. The van der Waals surface area contributed by atoms with Gasteiger partial charge in [0.25, 0.3) is 5.91 Å². The van der Waals surface area contributed by atoms with E-state index in [-0.39, 0.29) is 44.2 Å². The molecule has 1 aliphatic carbocycles. The van der Waals surface area contributed by atoms with Crippen molar-refractivity contribution in [3.8, 4) is 0 Å². The minimum Gasteiger partial charge on any atom is -0.354 e. The van der Waals surface area contributed by atoms with E-state index in [1.165, 1.54) is 32.4 Å². The average Bonchev–Trinajstić information content (AvgIpc) is 3.10. The minimum absolute atomic E-state index is 0. The monoisotopic (exact) mass is 300 g/mol. The van der Waals surface area contributed by atoms with Crippen molar-refractivity contribution in [2.45, 2.75) is 44.6 Å². The Balaban J connectivity index is 0.00000128. The van der Waals surface area contributed by atoms with Crippen LogP contribution in [-0.2, 0) is 37.5 Å². The van der Waals surface area contributed by atoms with Gasteiger partial charge < -0.3 is 9.80 Å². The van der Waals surface area contributed by atoms with Crippen LogP contribution in [0.5, 0.6) is 0 Å². The van der Waals surface area contributed by atoms with Gasteiger partial charge in [-0.1, -0.05) is 0 Å². The Morgan fingerprint density at radius 2 is 1.81 bits per heavy atom. The SMILES string of the molecule is CC[N+]1(C2(C(=O)NC)CC2)CCCCC1.[Y]. The van der Waals surface area contributed by atoms with Gasteiger partial charge in [0, 0.05) is 52.6 Å². The molecule has 89 valence electrons. The Hall–Kier alpha value is 0.534. The molecule has 0 atom stereocenters. The molecule has 16 heavy (non-hydrogen) atoms. The van der Waals surface area contributed by atoms with Crippen molar-refractivity contribution in [1.29, 1.82) is 0 Å². The number of hydrogen-bond donors (Lipinski definition) is 1. The first-order chi connectivity index (χ1) is 7.21. The molecule has 1 amide bonds. The molecule has 0 spiro atoms. The number of likely N-dealkylation sites (N-methyl/N-ethyl adjacent to an activating group) is 2. The van der Waals surface area contributed by atoms with Gasteiger partial charge in [-0.15, -0.1) is 0 Å². The van der Waals surface area contributed by atoms with Crippen LogP contribution in [0.3, 0.4) is 0 Å². The molecular formula is C12H23N2OY+. The van der Waals surface area contributed by atoms with Crippen molar-refractivity contribution in [2.24, 2.45) is 0 Å². The number of carbonyl (C=O) groups excluding carboxylic acids is 1. The average molecular weight is 300 g/mol. The van der Waals surface area contributed by atoms with Gasteiger partial charge in [-0.25, -0.2) is 0 Å². The quantitative estimate of drug-likeness (QED) is 0.782. The fourth-order valence-electron chi connectivity index (χ4n) is 3.43. The van der Waals surface area contributed by atoms with E-state index in [9.17, 15) is 4.79 Å². The van der Waals surface area contributed by atoms with Crippen LogP contribution < -0.4 is 5.32 Å². The first-order valence-corrected chi connectivity index (χ1v) is 6.29. The molecule has 4 heteroatoms. The van der Waals surface area contributed by atoms with Crippen LogP contribution in [-0.4, -0.2) is 42.6 Å². The number of quaternary nitrogens is 1. The summed E-state index contributed by atoms with van der Waals surface area (Å²) in [6, 6.07) is 0. The number of likely N-dealkylation sites (tertiary alicyclic amines) is 1. The third kappa shape index (κ3) is 2.11. The van der Waals surface area contributed by atoms with E-state index >= 15 is 0 Å². The predicted molar refractivity (Wildman–Crippen MR) is 60.4 cm³/mol. The number of nitrogens with one attached hydrogen (secondary N) is 1. The number of nitrogens with zero attached hydrogens (tertiary/aromatic N) is 1. The number of amides is 1. The van der Waals surface area contributed by atoms with Crippen molar-refractivity contribution in [2.75, 3.05) is 26.7 Å². The molecule has 1 aliphatic heterocycles. The summed E-state index contributed by atoms with van der Waals surface area (Å²) in [6.45, 7) is 5.79. The van der Waals surface area contributed by atoms with Gasteiger partial charge in [0.15, 0.2) is 5.54 Å². The van der Waals surface area contributed by atoms with E-state index in [1.54, 1.807) is 7.05 Å². The Labute approximate surface area is 124 Å². The molecule has 0 aromatic rings. The third-order valence-corrected chi connectivity index (χ3v) is 4.56. The molecule has 0 aromatic carbocycles. The minimum atomic E-state index is -0.0378. The summed E-state index contributed by atoms with van der Waals surface area (Å²) in [5, 5.41) is 2.87. The van der Waals surface area contributed by atoms with Gasteiger partial charge >= 0.3 is 0 Å². The number of carbonyl (C=O) groups is 1. The van der Waals surface area contributed by atoms with Crippen molar-refractivity contribution in [1.82, 2.24) is 5.32 Å². The molecule has 1 N–H and O–H groups in total. The molecule has 1 radical (unpaired) electrons. The second-order valence-corrected chi connectivity index (χ2v) is 5.08. The van der Waals surface area contributed by atoms with Crippen LogP contribution in [0.2, 0.25) is 0 Å². The third-order valence-electron chi connectivity index (χ3n) is 4.56. The maximum Gasteiger partial charge on any atom is 0.281 e. The summed E-state index contributed by atoms with van der Waals surface area (Å²) in [6.07, 6.45) is 6.14. The van der Waals surface area contributed by atoms with Crippen LogP contribution in [0.25, 0.3) is 0 Å². The molecule has 1 saturated carbocycles. The number of hydrogen-bond acceptors (Lipinski definition) is 1. The Bertz CT molecular complexity index is 258. The second kappa shape index (κ2) is 5.45. The molecule has 2 rings (SSSR count). The van der Waals surface area contributed by atoms with E-state index in [0.29, 0.717) is 0 Å². The molecule has 1 saturated heterocycles. The first-order valence-electron chi connectivity index (χ1n) is 6.29. The van der Waals surface area contributed by atoms with Gasteiger partial charge in [0.1, 0.15) is 0 Å². The van der Waals surface area contributed by atoms with Gasteiger partial charge in [-0.05, 0) is 26.2 Å². The summed E-state index contributed by atoms with van der Waals surface area (Å²) in [5.41, 5.74) is -0.0378. The summed E-state index contributed by atoms with van der Waals surface area (Å²) >= 11 is 0. The molecule has 0 unspecified atom stereocenters. The van der Waals surface area contributed by atoms with E-state index < -0.39 is 0 Å². The smallest absolute Gasteiger partial charge is 0.281 e. The first kappa shape index (κ1) is 14.6. The van der Waals surface area contributed by atoms with Crippen molar-refractivity contribution in [3.05, 3.63) is 0 Å². The Kier molecular flexibility index (Phi) is 4.97. The molecule has 0 bridgehead atoms. The second-order valence-electron chi connectivity index (χ2n) is 5.08. The predicted octanol–water partition coefficient (Wildman–Crippen LogP) is 1.28. The summed E-state index contributed by atoms with van der Waals surface area (Å²) in [4.78, 5) is 12.0. The van der Waals surface area contributed by atoms with Crippen LogP contribution >= 0.6 is 0 Å². The van der Waals surface area contributed by atoms with Gasteiger partial charge in [0.05, 0.1) is 19.6 Å². The summed E-state index contributed by atoms with van der Waals surface area (Å²) < 4.78 is 1.06. The fourth-order valence-corrected chi connectivity index (χ4v) is 3.43. The maximum absolute atomic E-state index is 12.0. The molecule has 3 nitrogen and oxygen atoms in total. The van der Waals surface area contributed by atoms with E-state index in [0.717, 1.165) is 23.9 Å². The van der Waals surface area contributed by atoms with Crippen molar-refractivity contribution in [3.63, 3.8) is 0 Å². The molecule has 2 aliphatic rings. The standard InChI is InChI=1S/C12H22N2O.Y/c1-3-14(9-5-4-6-10-14)12(7-8-12)11(15)13-2;/h3-10H2,1-2H3;/p+1. The van der Waals surface area contributed by atoms with Crippen LogP contribution in [0.1, 0.15) is 39.0 Å². The summed E-state index contributed by atoms with van der Waals surface area (Å²) in [5.74, 6) is 0.284. The number of rotatable bonds is 3. The van der Waals surface area contributed by atoms with E-state index in [2.05, 4.69) is 12.2 Å². The van der Waals surface area contributed by atoms with Gasteiger partial charge in [-0.2, -0.15) is 0 Å². The Morgan fingerprint density at radius 1 is 1.25 bits per heavy atom.